The third kappa shape index (κ3) is 5.00. The van der Waals surface area contributed by atoms with Crippen LogP contribution >= 0.6 is 23.4 Å². The van der Waals surface area contributed by atoms with Crippen LogP contribution in [-0.2, 0) is 4.79 Å². The summed E-state index contributed by atoms with van der Waals surface area (Å²) in [6.07, 6.45) is 1.49. The van der Waals surface area contributed by atoms with Crippen molar-refractivity contribution in [1.82, 2.24) is 4.90 Å². The van der Waals surface area contributed by atoms with Crippen molar-refractivity contribution < 1.29 is 23.7 Å². The van der Waals surface area contributed by atoms with Crippen molar-refractivity contribution in [2.24, 2.45) is 0 Å². The second-order valence-corrected chi connectivity index (χ2v) is 8.96. The minimum Gasteiger partial charge on any atom is -0.492 e. The summed E-state index contributed by atoms with van der Waals surface area (Å²) in [5, 5.41) is 11.5. The number of benzene rings is 2. The predicted octanol–water partition coefficient (Wildman–Crippen LogP) is 6.24. The summed E-state index contributed by atoms with van der Waals surface area (Å²) in [5.74, 6) is 0.933. The van der Waals surface area contributed by atoms with Crippen molar-refractivity contribution in [2.75, 3.05) is 13.2 Å². The molecule has 10 heteroatoms. The van der Waals surface area contributed by atoms with E-state index in [2.05, 4.69) is 0 Å². The number of aryl methyl sites for hydroxylation is 1. The van der Waals surface area contributed by atoms with E-state index >= 15 is 0 Å². The molecule has 0 N–H and O–H groups in total. The van der Waals surface area contributed by atoms with Gasteiger partial charge in [0.15, 0.2) is 0 Å². The average molecular weight is 499 g/mol. The van der Waals surface area contributed by atoms with Gasteiger partial charge in [-0.3, -0.25) is 24.6 Å². The Balaban J connectivity index is 1.46. The molecule has 2 aromatic carbocycles. The zero-order valence-electron chi connectivity index (χ0n) is 18.2. The lowest BCUT2D eigenvalue weighted by atomic mass is 10.0. The maximum Gasteiger partial charge on any atom is 0.293 e. The molecular formula is C24H19ClN2O6S. The summed E-state index contributed by atoms with van der Waals surface area (Å²) in [6.45, 7) is 3.73. The number of imide groups is 1. The molecule has 3 aromatic rings. The van der Waals surface area contributed by atoms with Gasteiger partial charge in [0.05, 0.1) is 16.4 Å². The maximum atomic E-state index is 12.7. The molecule has 1 aromatic heterocycles. The molecule has 1 aliphatic rings. The van der Waals surface area contributed by atoms with Crippen LogP contribution in [0.1, 0.15) is 16.9 Å². The van der Waals surface area contributed by atoms with Gasteiger partial charge in [-0.1, -0.05) is 11.6 Å². The number of furan rings is 1. The summed E-state index contributed by atoms with van der Waals surface area (Å²) in [4.78, 5) is 37.3. The lowest BCUT2D eigenvalue weighted by Gasteiger charge is -2.13. The van der Waals surface area contributed by atoms with Gasteiger partial charge in [-0.2, -0.15) is 0 Å². The number of thioether (sulfide) groups is 1. The first-order chi connectivity index (χ1) is 16.2. The fourth-order valence-corrected chi connectivity index (χ4v) is 4.34. The molecule has 174 valence electrons. The fourth-order valence-electron chi connectivity index (χ4n) is 3.37. The minimum absolute atomic E-state index is 0.00916. The van der Waals surface area contributed by atoms with Gasteiger partial charge < -0.3 is 9.15 Å². The molecule has 8 nitrogen and oxygen atoms in total. The number of rotatable bonds is 7. The largest absolute Gasteiger partial charge is 0.492 e. The lowest BCUT2D eigenvalue weighted by molar-refractivity contribution is -0.385. The van der Waals surface area contributed by atoms with E-state index in [4.69, 9.17) is 20.8 Å². The second kappa shape index (κ2) is 9.74. The molecule has 1 saturated heterocycles. The quantitative estimate of drug-likeness (QED) is 0.216. The van der Waals surface area contributed by atoms with Crippen LogP contribution in [0.3, 0.4) is 0 Å². The predicted molar refractivity (Wildman–Crippen MR) is 130 cm³/mol. The molecule has 34 heavy (non-hydrogen) atoms. The lowest BCUT2D eigenvalue weighted by Crippen LogP contribution is -2.32. The first-order valence-electron chi connectivity index (χ1n) is 10.2. The van der Waals surface area contributed by atoms with Crippen molar-refractivity contribution in [3.63, 3.8) is 0 Å². The van der Waals surface area contributed by atoms with Crippen LogP contribution in [0.5, 0.6) is 5.75 Å². The highest BCUT2D eigenvalue weighted by molar-refractivity contribution is 8.18. The minimum atomic E-state index is -0.436. The van der Waals surface area contributed by atoms with Crippen LogP contribution < -0.4 is 4.74 Å². The van der Waals surface area contributed by atoms with E-state index in [1.807, 2.05) is 0 Å². The van der Waals surface area contributed by atoms with Crippen molar-refractivity contribution in [3.8, 4) is 17.1 Å². The number of amides is 2. The van der Waals surface area contributed by atoms with Gasteiger partial charge in [-0.15, -0.1) is 0 Å². The van der Waals surface area contributed by atoms with Gasteiger partial charge in [0.25, 0.3) is 16.8 Å². The highest BCUT2D eigenvalue weighted by Crippen LogP contribution is 2.34. The molecule has 1 fully saturated rings. The maximum absolute atomic E-state index is 12.7. The molecule has 0 unspecified atom stereocenters. The molecule has 0 saturated carbocycles. The molecule has 2 heterocycles. The second-order valence-electron chi connectivity index (χ2n) is 7.53. The smallest absolute Gasteiger partial charge is 0.293 e. The molecule has 0 aliphatic carbocycles. The van der Waals surface area contributed by atoms with E-state index in [9.17, 15) is 19.7 Å². The Bertz CT molecular complexity index is 1320. The monoisotopic (exact) mass is 498 g/mol. The third-order valence-corrected chi connectivity index (χ3v) is 6.45. The number of hydrogen-bond acceptors (Lipinski definition) is 7. The number of carbonyl (C=O) groups excluding carboxylic acids is 2. The van der Waals surface area contributed by atoms with Gasteiger partial charge >= 0.3 is 0 Å². The standard InChI is InChI=1S/C24H19ClN2O6S/c1-14-11-16(12-20(15(14)2)27(30)31)21-8-7-19(33-21)13-22-23(28)26(24(29)34-22)9-10-32-18-5-3-17(25)4-6-18/h3-8,11-13H,9-10H2,1-2H3/b22-13-. The number of nitro benzene ring substituents is 1. The average Bonchev–Trinajstić information content (AvgIpc) is 3.36. The number of nitro groups is 1. The van der Waals surface area contributed by atoms with E-state index in [0.29, 0.717) is 33.4 Å². The Labute approximate surface area is 204 Å². The molecule has 1 aliphatic heterocycles. The number of ether oxygens (including phenoxy) is 1. The first kappa shape index (κ1) is 23.6. The van der Waals surface area contributed by atoms with Crippen LogP contribution in [0, 0.1) is 24.0 Å². The molecular weight excluding hydrogens is 480 g/mol. The summed E-state index contributed by atoms with van der Waals surface area (Å²) < 4.78 is 11.4. The summed E-state index contributed by atoms with van der Waals surface area (Å²) >= 11 is 6.66. The summed E-state index contributed by atoms with van der Waals surface area (Å²) in [7, 11) is 0. The van der Waals surface area contributed by atoms with Crippen molar-refractivity contribution in [2.45, 2.75) is 13.8 Å². The van der Waals surface area contributed by atoms with Gasteiger partial charge in [0.1, 0.15) is 23.9 Å². The first-order valence-corrected chi connectivity index (χ1v) is 11.4. The van der Waals surface area contributed by atoms with Gasteiger partial charge in [-0.05, 0) is 73.6 Å². The zero-order chi connectivity index (χ0) is 24.4. The van der Waals surface area contributed by atoms with E-state index in [1.165, 1.54) is 12.1 Å². The number of halogens is 1. The molecule has 2 amide bonds. The van der Waals surface area contributed by atoms with Crippen LogP contribution in [-0.4, -0.2) is 34.1 Å². The number of nitrogens with zero attached hydrogens (tertiary/aromatic N) is 2. The fraction of sp³-hybridized carbons (Fsp3) is 0.167. The van der Waals surface area contributed by atoms with Crippen LogP contribution in [0.15, 0.2) is 57.9 Å². The van der Waals surface area contributed by atoms with Crippen molar-refractivity contribution in [1.29, 1.82) is 0 Å². The zero-order valence-corrected chi connectivity index (χ0v) is 19.8. The normalized spacial score (nSPS) is 14.8. The third-order valence-electron chi connectivity index (χ3n) is 5.29. The van der Waals surface area contributed by atoms with Crippen LogP contribution in [0.4, 0.5) is 10.5 Å². The molecule has 0 atom stereocenters. The Kier molecular flexibility index (Phi) is 6.76. The van der Waals surface area contributed by atoms with Crippen molar-refractivity contribution in [3.05, 3.63) is 85.5 Å². The van der Waals surface area contributed by atoms with Gasteiger partial charge in [0, 0.05) is 28.3 Å². The molecule has 0 bridgehead atoms. The van der Waals surface area contributed by atoms with Gasteiger partial charge in [-0.25, -0.2) is 0 Å². The van der Waals surface area contributed by atoms with Crippen LogP contribution in [0.2, 0.25) is 5.02 Å². The molecule has 0 radical (unpaired) electrons. The topological polar surface area (TPSA) is 103 Å². The van der Waals surface area contributed by atoms with E-state index in [1.54, 1.807) is 56.3 Å². The Morgan fingerprint density at radius 1 is 1.15 bits per heavy atom. The Morgan fingerprint density at radius 3 is 2.59 bits per heavy atom. The summed E-state index contributed by atoms with van der Waals surface area (Å²) in [6, 6.07) is 13.4. The van der Waals surface area contributed by atoms with Gasteiger partial charge in [0.2, 0.25) is 0 Å². The highest BCUT2D eigenvalue weighted by atomic mass is 35.5. The van der Waals surface area contributed by atoms with Crippen LogP contribution in [0.25, 0.3) is 17.4 Å². The van der Waals surface area contributed by atoms with E-state index < -0.39 is 16.1 Å². The Hall–Kier alpha value is -3.56. The number of carbonyl (C=O) groups is 2. The van der Waals surface area contributed by atoms with Crippen molar-refractivity contribution >= 4 is 46.3 Å². The summed E-state index contributed by atoms with van der Waals surface area (Å²) in [5.41, 5.74) is 1.93. The highest BCUT2D eigenvalue weighted by Gasteiger charge is 2.35. The number of hydrogen-bond donors (Lipinski definition) is 0. The molecule has 4 rings (SSSR count). The SMILES string of the molecule is Cc1cc(-c2ccc(/C=C3\SC(=O)N(CCOc4ccc(Cl)cc4)C3=O)o2)cc([N+](=O)[O-])c1C. The van der Waals surface area contributed by atoms with E-state index in [-0.39, 0.29) is 23.7 Å². The molecule has 0 spiro atoms. The van der Waals surface area contributed by atoms with E-state index in [0.717, 1.165) is 22.2 Å². The Morgan fingerprint density at radius 2 is 1.88 bits per heavy atom.